The smallest absolute Gasteiger partial charge is 0.179 e. The van der Waals surface area contributed by atoms with Crippen molar-refractivity contribution in [3.05, 3.63) is 35.4 Å². The molecule has 2 aromatic rings. The first-order chi connectivity index (χ1) is 11.3. The minimum atomic E-state index is 0.476. The van der Waals surface area contributed by atoms with Crippen LogP contribution in [0.4, 0.5) is 0 Å². The number of halogens is 1. The van der Waals surface area contributed by atoms with E-state index in [9.17, 15) is 0 Å². The number of ether oxygens (including phenoxy) is 2. The third-order valence-corrected chi connectivity index (χ3v) is 4.69. The van der Waals surface area contributed by atoms with Gasteiger partial charge in [0.2, 0.25) is 0 Å². The molecule has 1 aromatic carbocycles. The van der Waals surface area contributed by atoms with Gasteiger partial charge in [-0.25, -0.2) is 4.98 Å². The number of hydrogen-bond acceptors (Lipinski definition) is 5. The molecule has 1 aromatic heterocycles. The number of benzene rings is 1. The Bertz CT molecular complexity index is 677. The van der Waals surface area contributed by atoms with Crippen molar-refractivity contribution < 1.29 is 9.47 Å². The Morgan fingerprint density at radius 3 is 3.04 bits per heavy atom. The average Bonchev–Trinajstić information content (AvgIpc) is 3.21. The van der Waals surface area contributed by atoms with Crippen molar-refractivity contribution in [1.82, 2.24) is 19.7 Å². The van der Waals surface area contributed by atoms with Gasteiger partial charge in [0.1, 0.15) is 25.9 Å². The summed E-state index contributed by atoms with van der Waals surface area (Å²) in [5.41, 5.74) is 1.16. The Hall–Kier alpha value is -1.79. The molecule has 0 amide bonds. The highest BCUT2D eigenvalue weighted by Gasteiger charge is 2.26. The predicted molar refractivity (Wildman–Crippen MR) is 85.9 cm³/mol. The number of hydrogen-bond donors (Lipinski definition) is 0. The van der Waals surface area contributed by atoms with E-state index < -0.39 is 0 Å². The van der Waals surface area contributed by atoms with E-state index in [2.05, 4.69) is 15.0 Å². The van der Waals surface area contributed by atoms with E-state index in [0.29, 0.717) is 30.0 Å². The molecular weight excluding hydrogens is 316 g/mol. The first-order valence-corrected chi connectivity index (χ1v) is 8.32. The molecule has 0 bridgehead atoms. The third-order valence-electron chi connectivity index (χ3n) is 4.41. The van der Waals surface area contributed by atoms with Gasteiger partial charge in [-0.15, -0.1) is 0 Å². The summed E-state index contributed by atoms with van der Waals surface area (Å²) in [6, 6.07) is 4.51. The van der Waals surface area contributed by atoms with Crippen molar-refractivity contribution in [3.8, 4) is 11.5 Å². The molecule has 6 nitrogen and oxygen atoms in total. The van der Waals surface area contributed by atoms with E-state index in [4.69, 9.17) is 21.1 Å². The lowest BCUT2D eigenvalue weighted by Gasteiger charge is -2.26. The minimum absolute atomic E-state index is 0.476. The second kappa shape index (κ2) is 6.37. The van der Waals surface area contributed by atoms with E-state index in [-0.39, 0.29) is 0 Å². The SMILES string of the molecule is Clc1cc(CN2CCC[C@@H]2Cn2cncn2)cc2c1OCCO2. The lowest BCUT2D eigenvalue weighted by molar-refractivity contribution is 0.170. The molecule has 0 spiro atoms. The standard InChI is InChI=1S/C16H19ClN4O2/c17-14-6-12(7-15-16(14)23-5-4-22-15)8-20-3-1-2-13(20)9-21-11-18-10-19-21/h6-7,10-11,13H,1-5,8-9H2/t13-/m1/s1. The molecule has 7 heteroatoms. The molecule has 2 aliphatic heterocycles. The zero-order valence-corrected chi connectivity index (χ0v) is 13.6. The lowest BCUT2D eigenvalue weighted by Crippen LogP contribution is -2.32. The number of fused-ring (bicyclic) bond motifs is 1. The second-order valence-corrected chi connectivity index (χ2v) is 6.39. The summed E-state index contributed by atoms with van der Waals surface area (Å²) in [7, 11) is 0. The van der Waals surface area contributed by atoms with Crippen LogP contribution in [0, 0.1) is 0 Å². The van der Waals surface area contributed by atoms with E-state index >= 15 is 0 Å². The first kappa shape index (κ1) is 14.8. The van der Waals surface area contributed by atoms with Crippen molar-refractivity contribution in [2.75, 3.05) is 19.8 Å². The van der Waals surface area contributed by atoms with Gasteiger partial charge in [0, 0.05) is 12.6 Å². The number of rotatable bonds is 4. The molecule has 3 heterocycles. The van der Waals surface area contributed by atoms with Crippen molar-refractivity contribution in [3.63, 3.8) is 0 Å². The summed E-state index contributed by atoms with van der Waals surface area (Å²) < 4.78 is 13.2. The van der Waals surface area contributed by atoms with Gasteiger partial charge in [0.05, 0.1) is 11.6 Å². The zero-order valence-electron chi connectivity index (χ0n) is 12.8. The molecule has 1 atom stereocenters. The molecule has 122 valence electrons. The van der Waals surface area contributed by atoms with Crippen LogP contribution < -0.4 is 9.47 Å². The zero-order chi connectivity index (χ0) is 15.6. The summed E-state index contributed by atoms with van der Waals surface area (Å²) in [5.74, 6) is 1.42. The van der Waals surface area contributed by atoms with Crippen molar-refractivity contribution in [2.45, 2.75) is 32.0 Å². The Kier molecular flexibility index (Phi) is 4.10. The highest BCUT2D eigenvalue weighted by atomic mass is 35.5. The molecule has 0 radical (unpaired) electrons. The van der Waals surface area contributed by atoms with Gasteiger partial charge < -0.3 is 9.47 Å². The van der Waals surface area contributed by atoms with Gasteiger partial charge in [0.25, 0.3) is 0 Å². The lowest BCUT2D eigenvalue weighted by atomic mass is 10.1. The fourth-order valence-electron chi connectivity index (χ4n) is 3.34. The second-order valence-electron chi connectivity index (χ2n) is 5.99. The van der Waals surface area contributed by atoms with Crippen LogP contribution in [-0.2, 0) is 13.1 Å². The molecule has 23 heavy (non-hydrogen) atoms. The van der Waals surface area contributed by atoms with Gasteiger partial charge in [-0.2, -0.15) is 5.10 Å². The maximum Gasteiger partial charge on any atom is 0.179 e. The first-order valence-electron chi connectivity index (χ1n) is 7.94. The van der Waals surface area contributed by atoms with Crippen LogP contribution in [0.2, 0.25) is 5.02 Å². The van der Waals surface area contributed by atoms with Crippen molar-refractivity contribution >= 4 is 11.6 Å². The van der Waals surface area contributed by atoms with Crippen molar-refractivity contribution in [1.29, 1.82) is 0 Å². The highest BCUT2D eigenvalue weighted by Crippen LogP contribution is 2.39. The quantitative estimate of drug-likeness (QED) is 0.859. The van der Waals surface area contributed by atoms with Crippen LogP contribution in [0.3, 0.4) is 0 Å². The van der Waals surface area contributed by atoms with Crippen LogP contribution in [0.1, 0.15) is 18.4 Å². The van der Waals surface area contributed by atoms with Gasteiger partial charge in [-0.05, 0) is 37.1 Å². The number of nitrogens with zero attached hydrogens (tertiary/aromatic N) is 4. The van der Waals surface area contributed by atoms with Gasteiger partial charge in [-0.3, -0.25) is 9.58 Å². The summed E-state index contributed by atoms with van der Waals surface area (Å²) in [5, 5.41) is 4.84. The Morgan fingerprint density at radius 1 is 1.26 bits per heavy atom. The molecule has 0 unspecified atom stereocenters. The van der Waals surface area contributed by atoms with Crippen LogP contribution in [0.15, 0.2) is 24.8 Å². The Labute approximate surface area is 140 Å². The number of aromatic nitrogens is 3. The summed E-state index contributed by atoms with van der Waals surface area (Å²) in [6.45, 7) is 3.95. The van der Waals surface area contributed by atoms with Gasteiger partial charge in [-0.1, -0.05) is 11.6 Å². The van der Waals surface area contributed by atoms with E-state index in [0.717, 1.165) is 30.9 Å². The van der Waals surface area contributed by atoms with E-state index in [1.165, 1.54) is 12.8 Å². The fraction of sp³-hybridized carbons (Fsp3) is 0.500. The van der Waals surface area contributed by atoms with Crippen LogP contribution in [0.25, 0.3) is 0 Å². The maximum absolute atomic E-state index is 6.34. The highest BCUT2D eigenvalue weighted by molar-refractivity contribution is 6.32. The topological polar surface area (TPSA) is 52.4 Å². The molecular formula is C16H19ClN4O2. The molecule has 2 aliphatic rings. The van der Waals surface area contributed by atoms with Crippen LogP contribution in [-0.4, -0.2) is 45.5 Å². The summed E-state index contributed by atoms with van der Waals surface area (Å²) >= 11 is 6.34. The normalized spacial score (nSPS) is 20.8. The molecule has 0 N–H and O–H groups in total. The van der Waals surface area contributed by atoms with E-state index in [1.807, 2.05) is 16.8 Å². The van der Waals surface area contributed by atoms with Crippen LogP contribution >= 0.6 is 11.6 Å². The third kappa shape index (κ3) is 3.14. The van der Waals surface area contributed by atoms with Crippen LogP contribution in [0.5, 0.6) is 11.5 Å². The van der Waals surface area contributed by atoms with Gasteiger partial charge >= 0.3 is 0 Å². The number of likely N-dealkylation sites (tertiary alicyclic amines) is 1. The molecule has 1 saturated heterocycles. The Morgan fingerprint density at radius 2 is 2.17 bits per heavy atom. The van der Waals surface area contributed by atoms with Gasteiger partial charge in [0.15, 0.2) is 11.5 Å². The predicted octanol–water partition coefficient (Wildman–Crippen LogP) is 2.37. The summed E-state index contributed by atoms with van der Waals surface area (Å²) in [4.78, 5) is 6.49. The largest absolute Gasteiger partial charge is 0.486 e. The molecule has 1 fully saturated rings. The maximum atomic E-state index is 6.34. The van der Waals surface area contributed by atoms with E-state index in [1.54, 1.807) is 12.7 Å². The minimum Gasteiger partial charge on any atom is -0.486 e. The Balaban J connectivity index is 1.49. The molecule has 0 saturated carbocycles. The monoisotopic (exact) mass is 334 g/mol. The average molecular weight is 335 g/mol. The molecule has 4 rings (SSSR count). The fourth-order valence-corrected chi connectivity index (χ4v) is 3.63. The summed E-state index contributed by atoms with van der Waals surface area (Å²) in [6.07, 6.45) is 5.74. The van der Waals surface area contributed by atoms with Crippen molar-refractivity contribution in [2.24, 2.45) is 0 Å². The molecule has 0 aliphatic carbocycles.